The fourth-order valence-electron chi connectivity index (χ4n) is 4.16. The first-order valence-corrected chi connectivity index (χ1v) is 10.1. The van der Waals surface area contributed by atoms with E-state index in [1.165, 1.54) is 5.56 Å². The third-order valence-electron chi connectivity index (χ3n) is 5.67. The average molecular weight is 376 g/mol. The molecule has 1 N–H and O–H groups in total. The van der Waals surface area contributed by atoms with Crippen molar-refractivity contribution in [3.63, 3.8) is 0 Å². The zero-order valence-electron chi connectivity index (χ0n) is 14.9. The number of piperidine rings is 1. The lowest BCUT2D eigenvalue weighted by Crippen LogP contribution is -2.46. The van der Waals surface area contributed by atoms with E-state index in [9.17, 15) is 4.79 Å². The molecule has 1 spiro atoms. The monoisotopic (exact) mass is 376 g/mol. The van der Waals surface area contributed by atoms with Gasteiger partial charge < -0.3 is 10.2 Å². The molecule has 136 valence electrons. The minimum Gasteiger partial charge on any atom is -0.347 e. The summed E-state index contributed by atoms with van der Waals surface area (Å²) in [4.78, 5) is 15.0. The fourth-order valence-corrected chi connectivity index (χ4v) is 5.09. The molecule has 0 saturated carbocycles. The Morgan fingerprint density at radius 3 is 2.56 bits per heavy atom. The molecule has 0 bridgehead atoms. The molecule has 1 fully saturated rings. The molecule has 2 aromatic carbocycles. The van der Waals surface area contributed by atoms with E-state index in [-0.39, 0.29) is 11.3 Å². The van der Waals surface area contributed by atoms with E-state index in [0.29, 0.717) is 0 Å². The van der Waals surface area contributed by atoms with Crippen LogP contribution in [0.4, 0.5) is 10.8 Å². The molecular weight excluding hydrogens is 356 g/mol. The molecule has 5 nitrogen and oxygen atoms in total. The Hall–Kier alpha value is -2.73. The fraction of sp³-hybridized carbons (Fsp3) is 0.286. The molecule has 1 aromatic heterocycles. The van der Waals surface area contributed by atoms with Gasteiger partial charge in [-0.25, -0.2) is 0 Å². The van der Waals surface area contributed by atoms with Gasteiger partial charge in [0, 0.05) is 25.2 Å². The van der Waals surface area contributed by atoms with Crippen LogP contribution in [0.15, 0.2) is 54.6 Å². The topological polar surface area (TPSA) is 58.1 Å². The van der Waals surface area contributed by atoms with Gasteiger partial charge in [-0.05, 0) is 30.0 Å². The van der Waals surface area contributed by atoms with Gasteiger partial charge in [-0.15, -0.1) is 10.2 Å². The molecule has 2 aliphatic heterocycles. The van der Waals surface area contributed by atoms with E-state index in [2.05, 4.69) is 38.6 Å². The molecule has 0 atom stereocenters. The maximum absolute atomic E-state index is 12.7. The first-order chi connectivity index (χ1) is 13.2. The summed E-state index contributed by atoms with van der Waals surface area (Å²) in [5, 5.41) is 13.8. The van der Waals surface area contributed by atoms with Crippen molar-refractivity contribution >= 4 is 28.1 Å². The van der Waals surface area contributed by atoms with Crippen molar-refractivity contribution in [3.8, 4) is 0 Å². The summed E-state index contributed by atoms with van der Waals surface area (Å²) in [5.74, 6) is 0.144. The van der Waals surface area contributed by atoms with Gasteiger partial charge in [-0.3, -0.25) is 4.79 Å². The van der Waals surface area contributed by atoms with Crippen LogP contribution in [-0.2, 0) is 16.6 Å². The lowest BCUT2D eigenvalue weighted by Gasteiger charge is -2.37. The van der Waals surface area contributed by atoms with Crippen molar-refractivity contribution in [2.45, 2.75) is 24.7 Å². The Labute approximate surface area is 162 Å². The maximum Gasteiger partial charge on any atom is 0.235 e. The minimum atomic E-state index is -0.384. The maximum atomic E-state index is 12.7. The summed E-state index contributed by atoms with van der Waals surface area (Å²) in [6, 6.07) is 18.4. The van der Waals surface area contributed by atoms with Crippen LogP contribution in [0.1, 0.15) is 29.0 Å². The number of hydrogen-bond donors (Lipinski definition) is 1. The van der Waals surface area contributed by atoms with E-state index < -0.39 is 0 Å². The molecule has 0 aliphatic carbocycles. The Kier molecular flexibility index (Phi) is 3.93. The molecule has 1 saturated heterocycles. The molecular formula is C21H20N4OS. The van der Waals surface area contributed by atoms with Crippen LogP contribution in [0.3, 0.4) is 0 Å². The molecule has 0 unspecified atom stereocenters. The normalized spacial score (nSPS) is 17.8. The van der Waals surface area contributed by atoms with Crippen molar-refractivity contribution in [1.29, 1.82) is 0 Å². The molecule has 27 heavy (non-hydrogen) atoms. The SMILES string of the molecule is O=C1Nc2ccccc2C12CCN(c1nnc(Cc3ccccc3)s1)CC2. The van der Waals surface area contributed by atoms with E-state index >= 15 is 0 Å². The van der Waals surface area contributed by atoms with Gasteiger partial charge in [0.05, 0.1) is 5.41 Å². The first-order valence-electron chi connectivity index (χ1n) is 9.27. The van der Waals surface area contributed by atoms with Crippen LogP contribution in [0, 0.1) is 0 Å². The highest BCUT2D eigenvalue weighted by molar-refractivity contribution is 7.15. The predicted octanol–water partition coefficient (Wildman–Crippen LogP) is 3.62. The zero-order valence-corrected chi connectivity index (χ0v) is 15.7. The zero-order chi connectivity index (χ0) is 18.3. The third kappa shape index (κ3) is 2.80. The van der Waals surface area contributed by atoms with Crippen LogP contribution < -0.4 is 10.2 Å². The van der Waals surface area contributed by atoms with Gasteiger partial charge in [0.25, 0.3) is 0 Å². The van der Waals surface area contributed by atoms with Crippen LogP contribution in [-0.4, -0.2) is 29.2 Å². The summed E-state index contributed by atoms with van der Waals surface area (Å²) in [7, 11) is 0. The molecule has 6 heteroatoms. The first kappa shape index (κ1) is 16.4. The molecule has 0 radical (unpaired) electrons. The number of rotatable bonds is 3. The Bertz CT molecular complexity index is 977. The second kappa shape index (κ2) is 6.46. The molecule has 2 aliphatic rings. The summed E-state index contributed by atoms with van der Waals surface area (Å²) < 4.78 is 0. The van der Waals surface area contributed by atoms with Gasteiger partial charge >= 0.3 is 0 Å². The average Bonchev–Trinajstić information content (AvgIpc) is 3.27. The van der Waals surface area contributed by atoms with E-state index in [1.54, 1.807) is 11.3 Å². The number of benzene rings is 2. The van der Waals surface area contributed by atoms with E-state index in [0.717, 1.165) is 53.7 Å². The molecule has 3 aromatic rings. The van der Waals surface area contributed by atoms with Crippen LogP contribution in [0.2, 0.25) is 0 Å². The van der Waals surface area contributed by atoms with Crippen molar-refractivity contribution in [1.82, 2.24) is 10.2 Å². The number of fused-ring (bicyclic) bond motifs is 2. The number of aromatic nitrogens is 2. The van der Waals surface area contributed by atoms with Crippen molar-refractivity contribution in [2.75, 3.05) is 23.3 Å². The van der Waals surface area contributed by atoms with Crippen LogP contribution in [0.25, 0.3) is 0 Å². The minimum absolute atomic E-state index is 0.144. The Morgan fingerprint density at radius 2 is 1.74 bits per heavy atom. The van der Waals surface area contributed by atoms with E-state index in [4.69, 9.17) is 0 Å². The summed E-state index contributed by atoms with van der Waals surface area (Å²) in [6.45, 7) is 1.64. The van der Waals surface area contributed by atoms with Gasteiger partial charge in [-0.1, -0.05) is 59.9 Å². The van der Waals surface area contributed by atoms with Crippen molar-refractivity contribution in [3.05, 3.63) is 70.7 Å². The van der Waals surface area contributed by atoms with Gasteiger partial charge in [0.2, 0.25) is 11.0 Å². The van der Waals surface area contributed by atoms with Crippen molar-refractivity contribution < 1.29 is 4.79 Å². The van der Waals surface area contributed by atoms with Crippen molar-refractivity contribution in [2.24, 2.45) is 0 Å². The second-order valence-electron chi connectivity index (χ2n) is 7.21. The highest BCUT2D eigenvalue weighted by Crippen LogP contribution is 2.45. The number of carbonyl (C=O) groups is 1. The number of nitrogens with zero attached hydrogens (tertiary/aromatic N) is 3. The summed E-state index contributed by atoms with van der Waals surface area (Å²) in [6.07, 6.45) is 2.43. The molecule has 5 rings (SSSR count). The van der Waals surface area contributed by atoms with Crippen LogP contribution in [0.5, 0.6) is 0 Å². The van der Waals surface area contributed by atoms with Gasteiger partial charge in [-0.2, -0.15) is 0 Å². The second-order valence-corrected chi connectivity index (χ2v) is 8.25. The Morgan fingerprint density at radius 1 is 1.00 bits per heavy atom. The third-order valence-corrected chi connectivity index (χ3v) is 6.65. The predicted molar refractivity (Wildman–Crippen MR) is 107 cm³/mol. The molecule has 1 amide bonds. The Balaban J connectivity index is 1.31. The number of anilines is 2. The number of hydrogen-bond acceptors (Lipinski definition) is 5. The standard InChI is InChI=1S/C21H20N4OS/c26-19-21(16-8-4-5-9-17(16)22-19)10-12-25(13-11-21)20-24-23-18(27-20)14-15-6-2-1-3-7-15/h1-9H,10-14H2,(H,22,26). The summed E-state index contributed by atoms with van der Waals surface area (Å²) in [5.41, 5.74) is 2.98. The highest BCUT2D eigenvalue weighted by Gasteiger charge is 2.48. The molecule has 3 heterocycles. The quantitative estimate of drug-likeness (QED) is 0.759. The van der Waals surface area contributed by atoms with E-state index in [1.807, 2.05) is 36.4 Å². The van der Waals surface area contributed by atoms with Gasteiger partial charge in [0.15, 0.2) is 0 Å². The highest BCUT2D eigenvalue weighted by atomic mass is 32.1. The smallest absolute Gasteiger partial charge is 0.235 e. The number of amides is 1. The number of para-hydroxylation sites is 1. The van der Waals surface area contributed by atoms with Crippen LogP contribution >= 0.6 is 11.3 Å². The lowest BCUT2D eigenvalue weighted by atomic mass is 9.74. The van der Waals surface area contributed by atoms with Gasteiger partial charge in [0.1, 0.15) is 5.01 Å². The summed E-state index contributed by atoms with van der Waals surface area (Å²) >= 11 is 1.65. The number of carbonyl (C=O) groups excluding carboxylic acids is 1. The number of nitrogens with one attached hydrogen (secondary N) is 1. The lowest BCUT2D eigenvalue weighted by molar-refractivity contribution is -0.121. The largest absolute Gasteiger partial charge is 0.347 e.